The van der Waals surface area contributed by atoms with Gasteiger partial charge in [-0.25, -0.2) is 0 Å². The molecule has 0 aliphatic carbocycles. The summed E-state index contributed by atoms with van der Waals surface area (Å²) < 4.78 is 11.8. The highest BCUT2D eigenvalue weighted by atomic mass is 16.5. The van der Waals surface area contributed by atoms with Crippen molar-refractivity contribution in [1.29, 1.82) is 0 Å². The summed E-state index contributed by atoms with van der Waals surface area (Å²) in [6.45, 7) is 13.0. The van der Waals surface area contributed by atoms with Gasteiger partial charge in [-0.15, -0.1) is 0 Å². The number of ether oxygens (including phenoxy) is 2. The maximum absolute atomic E-state index is 13.0. The smallest absolute Gasteiger partial charge is 0.249 e. The van der Waals surface area contributed by atoms with E-state index in [-0.39, 0.29) is 23.0 Å². The lowest BCUT2D eigenvalue weighted by Gasteiger charge is -2.23. The van der Waals surface area contributed by atoms with Gasteiger partial charge in [-0.3, -0.25) is 9.59 Å². The number of hydrogen-bond donors (Lipinski definition) is 1. The van der Waals surface area contributed by atoms with Crippen LogP contribution in [0.25, 0.3) is 0 Å². The predicted molar refractivity (Wildman–Crippen MR) is 132 cm³/mol. The topological polar surface area (TPSA) is 64.6 Å². The summed E-state index contributed by atoms with van der Waals surface area (Å²) in [5.41, 5.74) is 2.05. The highest BCUT2D eigenvalue weighted by Gasteiger charge is 2.25. The summed E-state index contributed by atoms with van der Waals surface area (Å²) in [6, 6.07) is 16.9. The van der Waals surface area contributed by atoms with Crippen molar-refractivity contribution in [3.05, 3.63) is 65.7 Å². The quantitative estimate of drug-likeness (QED) is 0.470. The standard InChI is InChI=1S/C28H39NO4/c1-20(2)16-26(32-18-23-10-8-7-9-11-23)27(31)29-25(21(3)30)17-22-12-14-24(15-13-22)33-19-28(4,5)6/h7-15,20,25-26H,16-19H2,1-6H3,(H,29,31)/t25-,26-/m0/s1. The van der Waals surface area contributed by atoms with E-state index in [2.05, 4.69) is 39.9 Å². The Kier molecular flexibility index (Phi) is 10.1. The molecule has 2 aromatic carbocycles. The van der Waals surface area contributed by atoms with Gasteiger partial charge in [-0.05, 0) is 54.4 Å². The van der Waals surface area contributed by atoms with Gasteiger partial charge in [-0.1, -0.05) is 77.1 Å². The van der Waals surface area contributed by atoms with Crippen molar-refractivity contribution >= 4 is 11.7 Å². The molecular formula is C28H39NO4. The zero-order valence-electron chi connectivity index (χ0n) is 20.9. The minimum atomic E-state index is -0.611. The van der Waals surface area contributed by atoms with Gasteiger partial charge in [-0.2, -0.15) is 0 Å². The van der Waals surface area contributed by atoms with E-state index in [4.69, 9.17) is 9.47 Å². The van der Waals surface area contributed by atoms with Gasteiger partial charge in [0.05, 0.1) is 19.3 Å². The van der Waals surface area contributed by atoms with Crippen LogP contribution in [-0.2, 0) is 27.4 Å². The fraction of sp³-hybridized carbons (Fsp3) is 0.500. The Morgan fingerprint density at radius 1 is 0.939 bits per heavy atom. The van der Waals surface area contributed by atoms with Crippen LogP contribution < -0.4 is 10.1 Å². The average Bonchev–Trinajstić information content (AvgIpc) is 2.75. The number of benzene rings is 2. The Labute approximate surface area is 198 Å². The summed E-state index contributed by atoms with van der Waals surface area (Å²) in [5.74, 6) is 0.754. The van der Waals surface area contributed by atoms with Gasteiger partial charge in [0.2, 0.25) is 5.91 Å². The molecule has 0 saturated heterocycles. The van der Waals surface area contributed by atoms with E-state index in [1.807, 2.05) is 54.6 Å². The third-order valence-corrected chi connectivity index (χ3v) is 5.11. The molecule has 5 nitrogen and oxygen atoms in total. The summed E-state index contributed by atoms with van der Waals surface area (Å²) in [5, 5.41) is 2.92. The molecule has 0 bridgehead atoms. The number of carbonyl (C=O) groups is 2. The Morgan fingerprint density at radius 2 is 1.58 bits per heavy atom. The molecule has 0 spiro atoms. The summed E-state index contributed by atoms with van der Waals surface area (Å²) >= 11 is 0. The first-order valence-electron chi connectivity index (χ1n) is 11.7. The van der Waals surface area contributed by atoms with Gasteiger partial charge in [0.25, 0.3) is 0 Å². The summed E-state index contributed by atoms with van der Waals surface area (Å²) in [6.07, 6.45) is 0.400. The molecule has 180 valence electrons. The number of Topliss-reactive ketones (excluding diaryl/α,β-unsaturated/α-hetero) is 1. The van der Waals surface area contributed by atoms with Gasteiger partial charge in [0.15, 0.2) is 5.78 Å². The lowest BCUT2D eigenvalue weighted by molar-refractivity contribution is -0.137. The Hall–Kier alpha value is -2.66. The van der Waals surface area contributed by atoms with Gasteiger partial charge < -0.3 is 14.8 Å². The van der Waals surface area contributed by atoms with Crippen LogP contribution >= 0.6 is 0 Å². The van der Waals surface area contributed by atoms with E-state index in [1.165, 1.54) is 6.92 Å². The fourth-order valence-electron chi connectivity index (χ4n) is 3.27. The van der Waals surface area contributed by atoms with E-state index in [9.17, 15) is 9.59 Å². The maximum atomic E-state index is 13.0. The average molecular weight is 454 g/mol. The minimum absolute atomic E-state index is 0.0808. The van der Waals surface area contributed by atoms with E-state index < -0.39 is 12.1 Å². The molecule has 0 aliphatic heterocycles. The molecule has 0 heterocycles. The lowest BCUT2D eigenvalue weighted by Crippen LogP contribution is -2.47. The molecule has 0 unspecified atom stereocenters. The van der Waals surface area contributed by atoms with Crippen LogP contribution in [0.3, 0.4) is 0 Å². The zero-order chi connectivity index (χ0) is 24.4. The number of ketones is 1. The monoisotopic (exact) mass is 453 g/mol. The molecule has 33 heavy (non-hydrogen) atoms. The highest BCUT2D eigenvalue weighted by Crippen LogP contribution is 2.19. The molecule has 0 radical (unpaired) electrons. The van der Waals surface area contributed by atoms with Gasteiger partial charge in [0.1, 0.15) is 11.9 Å². The molecule has 0 aliphatic rings. The van der Waals surface area contributed by atoms with Crippen molar-refractivity contribution in [2.45, 2.75) is 73.1 Å². The van der Waals surface area contributed by atoms with E-state index in [0.717, 1.165) is 16.9 Å². The van der Waals surface area contributed by atoms with Crippen molar-refractivity contribution in [2.75, 3.05) is 6.61 Å². The number of rotatable bonds is 12. The molecular weight excluding hydrogens is 414 g/mol. The Morgan fingerprint density at radius 3 is 2.12 bits per heavy atom. The van der Waals surface area contributed by atoms with E-state index in [0.29, 0.717) is 26.1 Å². The third kappa shape index (κ3) is 10.2. The van der Waals surface area contributed by atoms with Crippen molar-refractivity contribution in [3.8, 4) is 5.75 Å². The van der Waals surface area contributed by atoms with Crippen LogP contribution in [0.5, 0.6) is 5.75 Å². The number of hydrogen-bond acceptors (Lipinski definition) is 4. The van der Waals surface area contributed by atoms with Crippen LogP contribution in [0.2, 0.25) is 0 Å². The van der Waals surface area contributed by atoms with E-state index >= 15 is 0 Å². The molecule has 5 heteroatoms. The second-order valence-corrected chi connectivity index (χ2v) is 10.3. The molecule has 2 aromatic rings. The maximum Gasteiger partial charge on any atom is 0.249 e. The van der Waals surface area contributed by atoms with Crippen LogP contribution in [0.4, 0.5) is 0 Å². The first kappa shape index (κ1) is 26.6. The molecule has 2 rings (SSSR count). The molecule has 0 aromatic heterocycles. The predicted octanol–water partition coefficient (Wildman–Crippen LogP) is 5.36. The highest BCUT2D eigenvalue weighted by molar-refractivity contribution is 5.89. The van der Waals surface area contributed by atoms with Crippen molar-refractivity contribution in [3.63, 3.8) is 0 Å². The molecule has 1 amide bonds. The summed E-state index contributed by atoms with van der Waals surface area (Å²) in [4.78, 5) is 25.3. The number of amides is 1. The normalized spacial score (nSPS) is 13.4. The summed E-state index contributed by atoms with van der Waals surface area (Å²) in [7, 11) is 0. The van der Waals surface area contributed by atoms with Crippen molar-refractivity contribution in [2.24, 2.45) is 11.3 Å². The number of nitrogens with one attached hydrogen (secondary N) is 1. The van der Waals surface area contributed by atoms with Crippen LogP contribution in [0.1, 0.15) is 59.1 Å². The number of carbonyl (C=O) groups excluding carboxylic acids is 2. The van der Waals surface area contributed by atoms with E-state index in [1.54, 1.807) is 0 Å². The second kappa shape index (κ2) is 12.5. The SMILES string of the molecule is CC(=O)[C@H](Cc1ccc(OCC(C)(C)C)cc1)NC(=O)[C@H](CC(C)C)OCc1ccccc1. The molecule has 0 fully saturated rings. The van der Waals surface area contributed by atoms with Crippen LogP contribution in [-0.4, -0.2) is 30.4 Å². The van der Waals surface area contributed by atoms with Crippen LogP contribution in [0.15, 0.2) is 54.6 Å². The molecule has 0 saturated carbocycles. The fourth-order valence-corrected chi connectivity index (χ4v) is 3.27. The molecule has 2 atom stereocenters. The van der Waals surface area contributed by atoms with Gasteiger partial charge >= 0.3 is 0 Å². The first-order valence-corrected chi connectivity index (χ1v) is 11.7. The third-order valence-electron chi connectivity index (χ3n) is 5.11. The second-order valence-electron chi connectivity index (χ2n) is 10.3. The zero-order valence-corrected chi connectivity index (χ0v) is 20.9. The minimum Gasteiger partial charge on any atom is -0.493 e. The van der Waals surface area contributed by atoms with Crippen molar-refractivity contribution < 1.29 is 19.1 Å². The van der Waals surface area contributed by atoms with Crippen LogP contribution in [0, 0.1) is 11.3 Å². The Bertz CT molecular complexity index is 869. The Balaban J connectivity index is 2.00. The first-order chi connectivity index (χ1) is 15.5. The largest absolute Gasteiger partial charge is 0.493 e. The van der Waals surface area contributed by atoms with Gasteiger partial charge in [0, 0.05) is 0 Å². The molecule has 1 N–H and O–H groups in total. The van der Waals surface area contributed by atoms with Crippen molar-refractivity contribution in [1.82, 2.24) is 5.32 Å². The lowest BCUT2D eigenvalue weighted by atomic mass is 9.98.